The summed E-state index contributed by atoms with van der Waals surface area (Å²) >= 11 is 14.1. The van der Waals surface area contributed by atoms with Crippen LogP contribution < -0.4 is 4.90 Å². The first-order valence-corrected chi connectivity index (χ1v) is 9.78. The number of hydrogen-bond donors (Lipinski definition) is 0. The molecule has 0 radical (unpaired) electrons. The summed E-state index contributed by atoms with van der Waals surface area (Å²) in [6.45, 7) is 2.57. The third-order valence-electron chi connectivity index (χ3n) is 4.56. The van der Waals surface area contributed by atoms with Crippen molar-refractivity contribution in [2.45, 2.75) is 0 Å². The number of halogens is 3. The van der Waals surface area contributed by atoms with Crippen LogP contribution in [0.4, 0.5) is 10.1 Å². The molecular formula is C19H15Cl2FN2OS. The van der Waals surface area contributed by atoms with Crippen molar-refractivity contribution in [3.8, 4) is 0 Å². The first kappa shape index (κ1) is 17.6. The van der Waals surface area contributed by atoms with Gasteiger partial charge in [-0.05, 0) is 36.4 Å². The van der Waals surface area contributed by atoms with Gasteiger partial charge in [0.1, 0.15) is 10.7 Å². The van der Waals surface area contributed by atoms with Crippen LogP contribution in [0, 0.1) is 5.82 Å². The van der Waals surface area contributed by atoms with Gasteiger partial charge in [-0.2, -0.15) is 0 Å². The summed E-state index contributed by atoms with van der Waals surface area (Å²) in [5, 5.41) is 1.74. The fraction of sp³-hybridized carbons (Fsp3) is 0.211. The van der Waals surface area contributed by atoms with Gasteiger partial charge >= 0.3 is 0 Å². The minimum Gasteiger partial charge on any atom is -0.368 e. The van der Waals surface area contributed by atoms with Gasteiger partial charge in [-0.1, -0.05) is 29.3 Å². The molecule has 4 rings (SSSR count). The minimum absolute atomic E-state index is 0.0639. The number of thiophene rings is 1. The summed E-state index contributed by atoms with van der Waals surface area (Å²) in [6.07, 6.45) is 0. The highest BCUT2D eigenvalue weighted by atomic mass is 35.5. The maximum atomic E-state index is 13.1. The molecule has 1 aromatic heterocycles. The quantitative estimate of drug-likeness (QED) is 0.573. The Morgan fingerprint density at radius 2 is 1.69 bits per heavy atom. The highest BCUT2D eigenvalue weighted by molar-refractivity contribution is 7.21. The molecule has 1 aliphatic rings. The molecule has 26 heavy (non-hydrogen) atoms. The number of amides is 1. The molecule has 3 aromatic rings. The molecule has 1 aliphatic heterocycles. The lowest BCUT2D eigenvalue weighted by atomic mass is 10.2. The molecule has 0 spiro atoms. The maximum absolute atomic E-state index is 13.1. The van der Waals surface area contributed by atoms with E-state index in [1.54, 1.807) is 18.2 Å². The second kappa shape index (κ2) is 7.06. The van der Waals surface area contributed by atoms with Crippen molar-refractivity contribution in [3.05, 3.63) is 63.2 Å². The van der Waals surface area contributed by atoms with Gasteiger partial charge in [0.25, 0.3) is 5.91 Å². The highest BCUT2D eigenvalue weighted by Gasteiger charge is 2.26. The van der Waals surface area contributed by atoms with Gasteiger partial charge in [-0.15, -0.1) is 11.3 Å². The van der Waals surface area contributed by atoms with Crippen molar-refractivity contribution in [2.75, 3.05) is 31.1 Å². The lowest BCUT2D eigenvalue weighted by Gasteiger charge is -2.36. The van der Waals surface area contributed by atoms with Crippen molar-refractivity contribution in [1.82, 2.24) is 4.90 Å². The smallest absolute Gasteiger partial charge is 0.265 e. The number of hydrogen-bond acceptors (Lipinski definition) is 3. The topological polar surface area (TPSA) is 23.6 Å². The van der Waals surface area contributed by atoms with E-state index < -0.39 is 0 Å². The van der Waals surface area contributed by atoms with Gasteiger partial charge in [-0.25, -0.2) is 4.39 Å². The number of fused-ring (bicyclic) bond motifs is 1. The maximum Gasteiger partial charge on any atom is 0.265 e. The SMILES string of the molecule is O=C(c1sc2cccc(Cl)c2c1Cl)N1CCN(c2ccc(F)cc2)CC1. The van der Waals surface area contributed by atoms with Crippen LogP contribution in [0.25, 0.3) is 10.1 Å². The molecule has 1 amide bonds. The van der Waals surface area contributed by atoms with E-state index in [0.717, 1.165) is 15.8 Å². The van der Waals surface area contributed by atoms with Crippen molar-refractivity contribution in [2.24, 2.45) is 0 Å². The van der Waals surface area contributed by atoms with E-state index in [9.17, 15) is 9.18 Å². The Labute approximate surface area is 164 Å². The average molecular weight is 409 g/mol. The van der Waals surface area contributed by atoms with Crippen LogP contribution in [-0.2, 0) is 0 Å². The average Bonchev–Trinajstić information content (AvgIpc) is 3.00. The zero-order valence-corrected chi connectivity index (χ0v) is 16.0. The normalized spacial score (nSPS) is 14.9. The summed E-state index contributed by atoms with van der Waals surface area (Å²) in [6, 6.07) is 12.0. The fourth-order valence-electron chi connectivity index (χ4n) is 3.17. The first-order valence-electron chi connectivity index (χ1n) is 8.21. The third kappa shape index (κ3) is 3.15. The predicted molar refractivity (Wildman–Crippen MR) is 106 cm³/mol. The Hall–Kier alpha value is -1.82. The highest BCUT2D eigenvalue weighted by Crippen LogP contribution is 2.40. The fourth-order valence-corrected chi connectivity index (χ4v) is 5.09. The Kier molecular flexibility index (Phi) is 4.78. The van der Waals surface area contributed by atoms with Gasteiger partial charge in [-0.3, -0.25) is 4.79 Å². The second-order valence-corrected chi connectivity index (χ2v) is 7.95. The Morgan fingerprint density at radius 1 is 1.00 bits per heavy atom. The van der Waals surface area contributed by atoms with Crippen molar-refractivity contribution in [1.29, 1.82) is 0 Å². The molecule has 1 saturated heterocycles. The van der Waals surface area contributed by atoms with Crippen molar-refractivity contribution < 1.29 is 9.18 Å². The molecule has 2 aromatic carbocycles. The van der Waals surface area contributed by atoms with E-state index in [4.69, 9.17) is 23.2 Å². The summed E-state index contributed by atoms with van der Waals surface area (Å²) in [5.41, 5.74) is 0.963. The lowest BCUT2D eigenvalue weighted by molar-refractivity contribution is 0.0752. The molecule has 2 heterocycles. The van der Waals surface area contributed by atoms with Crippen LogP contribution in [0.3, 0.4) is 0 Å². The lowest BCUT2D eigenvalue weighted by Crippen LogP contribution is -2.48. The number of anilines is 1. The van der Waals surface area contributed by atoms with E-state index >= 15 is 0 Å². The molecule has 0 unspecified atom stereocenters. The van der Waals surface area contributed by atoms with Gasteiger partial charge in [0.15, 0.2) is 0 Å². The van der Waals surface area contributed by atoms with Gasteiger partial charge in [0, 0.05) is 42.0 Å². The van der Waals surface area contributed by atoms with E-state index in [2.05, 4.69) is 4.90 Å². The molecule has 0 atom stereocenters. The Balaban J connectivity index is 1.51. The molecule has 134 valence electrons. The molecular weight excluding hydrogens is 394 g/mol. The third-order valence-corrected chi connectivity index (χ3v) is 6.51. The standard InChI is InChI=1S/C19H15Cl2FN2OS/c20-14-2-1-3-15-16(14)17(21)18(26-15)19(25)24-10-8-23(9-11-24)13-6-4-12(22)5-7-13/h1-7H,8-11H2. The molecule has 3 nitrogen and oxygen atoms in total. The van der Waals surface area contributed by atoms with E-state index in [-0.39, 0.29) is 11.7 Å². The number of carbonyl (C=O) groups excluding carboxylic acids is 1. The van der Waals surface area contributed by atoms with Crippen LogP contribution in [0.2, 0.25) is 10.0 Å². The van der Waals surface area contributed by atoms with Crippen LogP contribution >= 0.6 is 34.5 Å². The van der Waals surface area contributed by atoms with Crippen LogP contribution in [-0.4, -0.2) is 37.0 Å². The van der Waals surface area contributed by atoms with Gasteiger partial charge in [0.05, 0.1) is 10.0 Å². The Morgan fingerprint density at radius 3 is 2.35 bits per heavy atom. The van der Waals surface area contributed by atoms with Gasteiger partial charge in [0.2, 0.25) is 0 Å². The van der Waals surface area contributed by atoms with Crippen LogP contribution in [0.15, 0.2) is 42.5 Å². The molecule has 0 bridgehead atoms. The van der Waals surface area contributed by atoms with E-state index in [1.165, 1.54) is 23.5 Å². The molecule has 0 saturated carbocycles. The molecule has 0 N–H and O–H groups in total. The minimum atomic E-state index is -0.249. The van der Waals surface area contributed by atoms with Crippen LogP contribution in [0.5, 0.6) is 0 Å². The van der Waals surface area contributed by atoms with Crippen LogP contribution in [0.1, 0.15) is 9.67 Å². The van der Waals surface area contributed by atoms with E-state index in [1.807, 2.05) is 17.0 Å². The zero-order chi connectivity index (χ0) is 18.3. The number of rotatable bonds is 2. The monoisotopic (exact) mass is 408 g/mol. The second-order valence-electron chi connectivity index (χ2n) is 6.11. The van der Waals surface area contributed by atoms with E-state index in [0.29, 0.717) is 41.1 Å². The first-order chi connectivity index (χ1) is 12.5. The number of nitrogens with zero attached hydrogens (tertiary/aromatic N) is 2. The van der Waals surface area contributed by atoms with Gasteiger partial charge < -0.3 is 9.80 Å². The molecule has 1 fully saturated rings. The summed E-state index contributed by atoms with van der Waals surface area (Å²) < 4.78 is 14.0. The number of piperazine rings is 1. The summed E-state index contributed by atoms with van der Waals surface area (Å²) in [5.74, 6) is -0.313. The summed E-state index contributed by atoms with van der Waals surface area (Å²) in [4.78, 5) is 17.4. The largest absolute Gasteiger partial charge is 0.368 e. The predicted octanol–water partition coefficient (Wildman–Crippen LogP) is 5.31. The summed E-state index contributed by atoms with van der Waals surface area (Å²) in [7, 11) is 0. The van der Waals surface area contributed by atoms with Crippen molar-refractivity contribution in [3.63, 3.8) is 0 Å². The number of benzene rings is 2. The van der Waals surface area contributed by atoms with Crippen molar-refractivity contribution >= 4 is 56.2 Å². The molecule has 7 heteroatoms. The zero-order valence-electron chi connectivity index (χ0n) is 13.7. The molecule has 0 aliphatic carbocycles. The Bertz CT molecular complexity index is 966. The number of carbonyl (C=O) groups is 1.